The quantitative estimate of drug-likeness (QED) is 0.673. The average Bonchev–Trinajstić information content (AvgIpc) is 2.78. The van der Waals surface area contributed by atoms with Crippen LogP contribution in [0.3, 0.4) is 0 Å². The van der Waals surface area contributed by atoms with E-state index in [2.05, 4.69) is 0 Å². The van der Waals surface area contributed by atoms with Gasteiger partial charge in [-0.2, -0.15) is 0 Å². The second-order valence-corrected chi connectivity index (χ2v) is 7.29. The van der Waals surface area contributed by atoms with Crippen molar-refractivity contribution in [3.05, 3.63) is 71.8 Å². The van der Waals surface area contributed by atoms with Crippen LogP contribution < -0.4 is 0 Å². The minimum absolute atomic E-state index is 0.308. The van der Waals surface area contributed by atoms with Crippen molar-refractivity contribution < 1.29 is 33.2 Å². The summed E-state index contributed by atoms with van der Waals surface area (Å²) >= 11 is 0. The zero-order valence-corrected chi connectivity index (χ0v) is 17.0. The molecule has 0 aliphatic carbocycles. The lowest BCUT2D eigenvalue weighted by Gasteiger charge is -2.48. The highest BCUT2D eigenvalue weighted by atomic mass is 16.8. The van der Waals surface area contributed by atoms with Crippen molar-refractivity contribution in [2.45, 2.75) is 50.5 Å². The first-order valence-corrected chi connectivity index (χ1v) is 9.98. The third kappa shape index (κ3) is 4.71. The number of benzene rings is 2. The molecule has 2 aliphatic rings. The Labute approximate surface area is 175 Å². The van der Waals surface area contributed by atoms with Crippen LogP contribution in [-0.4, -0.2) is 50.4 Å². The number of rotatable bonds is 6. The molecular formula is C23H26O7. The smallest absolute Gasteiger partial charge is 0.303 e. The molecule has 0 spiro atoms. The van der Waals surface area contributed by atoms with Gasteiger partial charge in [-0.3, -0.25) is 4.79 Å². The molecule has 0 bridgehead atoms. The minimum atomic E-state index is -0.781. The zero-order chi connectivity index (χ0) is 20.9. The van der Waals surface area contributed by atoms with Crippen molar-refractivity contribution in [2.24, 2.45) is 0 Å². The van der Waals surface area contributed by atoms with Gasteiger partial charge in [-0.15, -0.1) is 0 Å². The molecule has 30 heavy (non-hydrogen) atoms. The van der Waals surface area contributed by atoms with Crippen LogP contribution in [0.1, 0.15) is 24.3 Å². The first-order chi connectivity index (χ1) is 14.7. The van der Waals surface area contributed by atoms with Crippen LogP contribution in [0.5, 0.6) is 0 Å². The monoisotopic (exact) mass is 414 g/mol. The number of methoxy groups -OCH3 is 1. The molecule has 2 aromatic rings. The maximum absolute atomic E-state index is 11.8. The van der Waals surface area contributed by atoms with Crippen LogP contribution in [0.2, 0.25) is 0 Å². The largest absolute Gasteiger partial charge is 0.454 e. The van der Waals surface area contributed by atoms with Crippen LogP contribution >= 0.6 is 0 Å². The number of hydrogen-bond acceptors (Lipinski definition) is 7. The summed E-state index contributed by atoms with van der Waals surface area (Å²) in [5.41, 5.74) is 1.90. The summed E-state index contributed by atoms with van der Waals surface area (Å²) in [4.78, 5) is 11.8. The Morgan fingerprint density at radius 3 is 2.37 bits per heavy atom. The number of fused-ring (bicyclic) bond motifs is 1. The Balaban J connectivity index is 1.58. The van der Waals surface area contributed by atoms with E-state index in [0.717, 1.165) is 11.1 Å². The molecular weight excluding hydrogens is 388 g/mol. The summed E-state index contributed by atoms with van der Waals surface area (Å²) in [5, 5.41) is 0. The highest BCUT2D eigenvalue weighted by Gasteiger charge is 2.52. The van der Waals surface area contributed by atoms with Gasteiger partial charge in [-0.25, -0.2) is 0 Å². The van der Waals surface area contributed by atoms with Crippen molar-refractivity contribution in [3.63, 3.8) is 0 Å². The summed E-state index contributed by atoms with van der Waals surface area (Å²) < 4.78 is 35.4. The van der Waals surface area contributed by atoms with E-state index in [0.29, 0.717) is 13.2 Å². The Kier molecular flexibility index (Phi) is 6.76. The Bertz CT molecular complexity index is 813. The van der Waals surface area contributed by atoms with Crippen molar-refractivity contribution in [1.82, 2.24) is 0 Å². The molecule has 0 saturated carbocycles. The van der Waals surface area contributed by atoms with Crippen LogP contribution in [-0.2, 0) is 39.8 Å². The lowest BCUT2D eigenvalue weighted by molar-refractivity contribution is -0.364. The minimum Gasteiger partial charge on any atom is -0.454 e. The molecule has 2 saturated heterocycles. The predicted octanol–water partition coefficient (Wildman–Crippen LogP) is 2.99. The Morgan fingerprint density at radius 1 is 1.00 bits per heavy atom. The molecule has 0 radical (unpaired) electrons. The highest BCUT2D eigenvalue weighted by molar-refractivity contribution is 5.66. The van der Waals surface area contributed by atoms with Crippen molar-refractivity contribution in [1.29, 1.82) is 0 Å². The normalized spacial score (nSPS) is 31.0. The molecule has 2 fully saturated rings. The first kappa shape index (κ1) is 21.0. The molecule has 2 heterocycles. The van der Waals surface area contributed by atoms with Crippen molar-refractivity contribution in [3.8, 4) is 0 Å². The lowest BCUT2D eigenvalue weighted by Crippen LogP contribution is -2.63. The maximum atomic E-state index is 11.8. The number of esters is 1. The number of ether oxygens (including phenoxy) is 6. The molecule has 7 heteroatoms. The van der Waals surface area contributed by atoms with Gasteiger partial charge in [0.2, 0.25) is 0 Å². The van der Waals surface area contributed by atoms with Gasteiger partial charge in [0, 0.05) is 19.6 Å². The van der Waals surface area contributed by atoms with Gasteiger partial charge in [0.25, 0.3) is 0 Å². The summed E-state index contributed by atoms with van der Waals surface area (Å²) in [7, 11) is 1.51. The molecule has 0 amide bonds. The molecule has 7 nitrogen and oxygen atoms in total. The molecule has 4 rings (SSSR count). The van der Waals surface area contributed by atoms with E-state index in [9.17, 15) is 4.79 Å². The second-order valence-electron chi connectivity index (χ2n) is 7.29. The van der Waals surface area contributed by atoms with Crippen molar-refractivity contribution >= 4 is 5.97 Å². The van der Waals surface area contributed by atoms with Gasteiger partial charge in [-0.05, 0) is 5.56 Å². The Morgan fingerprint density at radius 2 is 1.70 bits per heavy atom. The third-order valence-corrected chi connectivity index (χ3v) is 5.18. The van der Waals surface area contributed by atoms with E-state index in [1.54, 1.807) is 0 Å². The molecule has 0 N–H and O–H groups in total. The van der Waals surface area contributed by atoms with E-state index in [1.807, 2.05) is 60.7 Å². The van der Waals surface area contributed by atoms with Crippen LogP contribution in [0, 0.1) is 0 Å². The SMILES string of the molecule is COC1OC2COC(c3ccccc3)OC2C(OCc2ccccc2)C1OC(C)=O. The number of carbonyl (C=O) groups is 1. The summed E-state index contributed by atoms with van der Waals surface area (Å²) in [6.07, 6.45) is -3.61. The summed E-state index contributed by atoms with van der Waals surface area (Å²) in [6, 6.07) is 19.5. The van der Waals surface area contributed by atoms with E-state index in [-0.39, 0.29) is 0 Å². The highest BCUT2D eigenvalue weighted by Crippen LogP contribution is 2.36. The molecule has 160 valence electrons. The fourth-order valence-electron chi connectivity index (χ4n) is 3.79. The van der Waals surface area contributed by atoms with Gasteiger partial charge < -0.3 is 28.4 Å². The Hall–Kier alpha value is -2.29. The third-order valence-electron chi connectivity index (χ3n) is 5.18. The van der Waals surface area contributed by atoms with Crippen LogP contribution in [0.25, 0.3) is 0 Å². The summed E-state index contributed by atoms with van der Waals surface area (Å²) in [5.74, 6) is -0.441. The molecule has 6 unspecified atom stereocenters. The fraction of sp³-hybridized carbons (Fsp3) is 0.435. The van der Waals surface area contributed by atoms with E-state index in [1.165, 1.54) is 14.0 Å². The standard InChI is InChI=1S/C23H26O7/c1-15(24)28-21-20(26-13-16-9-5-3-6-10-16)19-18(29-23(21)25-2)14-27-22(30-19)17-11-7-4-8-12-17/h3-12,18-23H,13-14H2,1-2H3. The molecule has 0 aromatic heterocycles. The van der Waals surface area contributed by atoms with Gasteiger partial charge in [0.15, 0.2) is 18.7 Å². The van der Waals surface area contributed by atoms with Gasteiger partial charge >= 0.3 is 5.97 Å². The van der Waals surface area contributed by atoms with Gasteiger partial charge in [-0.1, -0.05) is 60.7 Å². The predicted molar refractivity (Wildman–Crippen MR) is 106 cm³/mol. The second kappa shape index (κ2) is 9.68. The van der Waals surface area contributed by atoms with Gasteiger partial charge in [0.1, 0.15) is 18.3 Å². The molecule has 6 atom stereocenters. The van der Waals surface area contributed by atoms with Crippen LogP contribution in [0.4, 0.5) is 0 Å². The zero-order valence-electron chi connectivity index (χ0n) is 17.0. The lowest BCUT2D eigenvalue weighted by atomic mass is 9.97. The van der Waals surface area contributed by atoms with E-state index >= 15 is 0 Å². The topological polar surface area (TPSA) is 72.5 Å². The first-order valence-electron chi connectivity index (χ1n) is 9.98. The molecule has 2 aromatic carbocycles. The van der Waals surface area contributed by atoms with E-state index < -0.39 is 43.0 Å². The van der Waals surface area contributed by atoms with Gasteiger partial charge in [0.05, 0.1) is 13.2 Å². The maximum Gasteiger partial charge on any atom is 0.303 e. The van der Waals surface area contributed by atoms with E-state index in [4.69, 9.17) is 28.4 Å². The van der Waals surface area contributed by atoms with Crippen LogP contribution in [0.15, 0.2) is 60.7 Å². The van der Waals surface area contributed by atoms with Crippen molar-refractivity contribution in [2.75, 3.05) is 13.7 Å². The summed E-state index contributed by atoms with van der Waals surface area (Å²) in [6.45, 7) is 2.00. The number of carbonyl (C=O) groups excluding carboxylic acids is 1. The number of hydrogen-bond donors (Lipinski definition) is 0. The average molecular weight is 414 g/mol. The molecule has 2 aliphatic heterocycles. The fourth-order valence-corrected chi connectivity index (χ4v) is 3.79.